The van der Waals surface area contributed by atoms with E-state index < -0.39 is 0 Å². The van der Waals surface area contributed by atoms with Crippen LogP contribution in [0.5, 0.6) is 0 Å². The van der Waals surface area contributed by atoms with E-state index in [1.165, 1.54) is 5.56 Å². The molecule has 1 aromatic carbocycles. The van der Waals surface area contributed by atoms with Gasteiger partial charge in [-0.2, -0.15) is 5.10 Å². The molecule has 3 nitrogen and oxygen atoms in total. The van der Waals surface area contributed by atoms with Gasteiger partial charge in [-0.1, -0.05) is 51.1 Å². The number of hydrazone groups is 1. The van der Waals surface area contributed by atoms with Crippen molar-refractivity contribution in [2.24, 2.45) is 10.5 Å². The second-order valence-electron chi connectivity index (χ2n) is 6.08. The van der Waals surface area contributed by atoms with Gasteiger partial charge in [-0.05, 0) is 18.4 Å². The molecule has 1 aliphatic heterocycles. The highest BCUT2D eigenvalue weighted by Gasteiger charge is 2.30. The molecule has 0 aromatic heterocycles. The van der Waals surface area contributed by atoms with E-state index in [-0.39, 0.29) is 11.3 Å². The molecule has 0 unspecified atom stereocenters. The molecule has 0 saturated carbocycles. The second-order valence-corrected chi connectivity index (χ2v) is 6.08. The number of amides is 1. The van der Waals surface area contributed by atoms with Crippen LogP contribution < -0.4 is 0 Å². The van der Waals surface area contributed by atoms with E-state index in [1.54, 1.807) is 5.01 Å². The zero-order chi connectivity index (χ0) is 13.9. The van der Waals surface area contributed by atoms with Gasteiger partial charge in [0.05, 0.1) is 12.1 Å². The standard InChI is InChI=1S/C16H22N2O/c1-16(2,3)14-12-15(19)18(17-14)11-7-10-13-8-5-4-6-9-13/h4-6,8-9H,7,10-12H2,1-3H3. The van der Waals surface area contributed by atoms with Gasteiger partial charge in [-0.15, -0.1) is 0 Å². The van der Waals surface area contributed by atoms with Crippen molar-refractivity contribution in [1.82, 2.24) is 5.01 Å². The molecule has 1 amide bonds. The summed E-state index contributed by atoms with van der Waals surface area (Å²) < 4.78 is 0. The maximum Gasteiger partial charge on any atom is 0.248 e. The third-order valence-electron chi connectivity index (χ3n) is 3.39. The lowest BCUT2D eigenvalue weighted by Gasteiger charge is -2.16. The van der Waals surface area contributed by atoms with Crippen molar-refractivity contribution in [1.29, 1.82) is 0 Å². The average molecular weight is 258 g/mol. The Labute approximate surface area is 115 Å². The molecule has 0 spiro atoms. The summed E-state index contributed by atoms with van der Waals surface area (Å²) in [5.41, 5.74) is 2.30. The molecule has 102 valence electrons. The highest BCUT2D eigenvalue weighted by molar-refractivity contribution is 6.07. The SMILES string of the molecule is CC(C)(C)C1=NN(CCCc2ccccc2)C(=O)C1. The lowest BCUT2D eigenvalue weighted by atomic mass is 9.88. The van der Waals surface area contributed by atoms with Gasteiger partial charge in [-0.25, -0.2) is 5.01 Å². The smallest absolute Gasteiger partial charge is 0.248 e. The van der Waals surface area contributed by atoms with Gasteiger partial charge in [0.25, 0.3) is 0 Å². The molecule has 0 fully saturated rings. The van der Waals surface area contributed by atoms with Crippen LogP contribution in [0.2, 0.25) is 0 Å². The van der Waals surface area contributed by atoms with Gasteiger partial charge in [-0.3, -0.25) is 4.79 Å². The molecule has 1 aromatic rings. The van der Waals surface area contributed by atoms with Crippen molar-refractivity contribution < 1.29 is 4.79 Å². The summed E-state index contributed by atoms with van der Waals surface area (Å²) in [5, 5.41) is 6.11. The Morgan fingerprint density at radius 1 is 1.21 bits per heavy atom. The van der Waals surface area contributed by atoms with Crippen LogP contribution in [0, 0.1) is 5.41 Å². The average Bonchev–Trinajstić information content (AvgIpc) is 2.72. The zero-order valence-corrected chi connectivity index (χ0v) is 12.0. The maximum absolute atomic E-state index is 11.9. The van der Waals surface area contributed by atoms with Gasteiger partial charge in [0.15, 0.2) is 0 Å². The molecule has 2 rings (SSSR count). The Balaban J connectivity index is 1.87. The summed E-state index contributed by atoms with van der Waals surface area (Å²) in [7, 11) is 0. The van der Waals surface area contributed by atoms with Gasteiger partial charge in [0.1, 0.15) is 0 Å². The van der Waals surface area contributed by atoms with Crippen molar-refractivity contribution in [3.8, 4) is 0 Å². The summed E-state index contributed by atoms with van der Waals surface area (Å²) >= 11 is 0. The lowest BCUT2D eigenvalue weighted by molar-refractivity contribution is -0.128. The van der Waals surface area contributed by atoms with E-state index >= 15 is 0 Å². The Morgan fingerprint density at radius 2 is 1.89 bits per heavy atom. The molecule has 3 heteroatoms. The maximum atomic E-state index is 11.9. The molecule has 0 atom stereocenters. The van der Waals surface area contributed by atoms with Crippen LogP contribution >= 0.6 is 0 Å². The minimum Gasteiger partial charge on any atom is -0.273 e. The Kier molecular flexibility index (Phi) is 4.03. The highest BCUT2D eigenvalue weighted by atomic mass is 16.2. The van der Waals surface area contributed by atoms with Gasteiger partial charge in [0, 0.05) is 12.0 Å². The predicted octanol–water partition coefficient (Wildman–Crippen LogP) is 3.25. The van der Waals surface area contributed by atoms with E-state index in [9.17, 15) is 4.79 Å². The van der Waals surface area contributed by atoms with Gasteiger partial charge in [0.2, 0.25) is 5.91 Å². The number of rotatable bonds is 4. The first-order valence-electron chi connectivity index (χ1n) is 6.89. The molecule has 0 saturated heterocycles. The molecule has 1 aliphatic rings. The summed E-state index contributed by atoms with van der Waals surface area (Å²) in [5.74, 6) is 0.137. The minimum atomic E-state index is -0.0101. The predicted molar refractivity (Wildman–Crippen MR) is 78.0 cm³/mol. The Hall–Kier alpha value is -1.64. The molecule has 1 heterocycles. The van der Waals surface area contributed by atoms with Crippen LogP contribution in [-0.2, 0) is 11.2 Å². The lowest BCUT2D eigenvalue weighted by Crippen LogP contribution is -2.22. The highest BCUT2D eigenvalue weighted by Crippen LogP contribution is 2.24. The normalized spacial score (nSPS) is 15.8. The topological polar surface area (TPSA) is 32.7 Å². The van der Waals surface area contributed by atoms with E-state index in [2.05, 4.69) is 38.0 Å². The fourth-order valence-corrected chi connectivity index (χ4v) is 2.14. The molecular formula is C16H22N2O. The van der Waals surface area contributed by atoms with Crippen LogP contribution in [0.3, 0.4) is 0 Å². The third-order valence-corrected chi connectivity index (χ3v) is 3.39. The number of carbonyl (C=O) groups is 1. The van der Waals surface area contributed by atoms with Crippen LogP contribution in [0.25, 0.3) is 0 Å². The van der Waals surface area contributed by atoms with Crippen molar-refractivity contribution in [2.45, 2.75) is 40.0 Å². The van der Waals surface area contributed by atoms with Crippen LogP contribution in [0.15, 0.2) is 35.4 Å². The number of carbonyl (C=O) groups excluding carboxylic acids is 1. The molecular weight excluding hydrogens is 236 g/mol. The molecule has 0 radical (unpaired) electrons. The van der Waals surface area contributed by atoms with Gasteiger partial charge < -0.3 is 0 Å². The monoisotopic (exact) mass is 258 g/mol. The number of nitrogens with zero attached hydrogens (tertiary/aromatic N) is 2. The van der Waals surface area contributed by atoms with Crippen LogP contribution in [-0.4, -0.2) is 23.2 Å². The fraction of sp³-hybridized carbons (Fsp3) is 0.500. The summed E-state index contributed by atoms with van der Waals surface area (Å²) in [6.45, 7) is 7.03. The van der Waals surface area contributed by atoms with E-state index in [0.717, 1.165) is 18.6 Å². The summed E-state index contributed by atoms with van der Waals surface area (Å²) in [6, 6.07) is 10.4. The summed E-state index contributed by atoms with van der Waals surface area (Å²) in [4.78, 5) is 11.9. The molecule has 0 aliphatic carbocycles. The molecule has 0 bridgehead atoms. The number of hydrogen-bond donors (Lipinski definition) is 0. The van der Waals surface area contributed by atoms with E-state index in [0.29, 0.717) is 13.0 Å². The Bertz CT molecular complexity index is 471. The zero-order valence-electron chi connectivity index (χ0n) is 12.0. The second kappa shape index (κ2) is 5.55. The number of hydrogen-bond acceptors (Lipinski definition) is 2. The first kappa shape index (κ1) is 13.8. The third kappa shape index (κ3) is 3.66. The first-order valence-corrected chi connectivity index (χ1v) is 6.89. The van der Waals surface area contributed by atoms with Crippen LogP contribution in [0.4, 0.5) is 0 Å². The van der Waals surface area contributed by atoms with Crippen LogP contribution in [0.1, 0.15) is 39.2 Å². The van der Waals surface area contributed by atoms with E-state index in [1.807, 2.05) is 18.2 Å². The van der Waals surface area contributed by atoms with Crippen molar-refractivity contribution in [3.63, 3.8) is 0 Å². The van der Waals surface area contributed by atoms with Crippen molar-refractivity contribution in [2.75, 3.05) is 6.54 Å². The number of benzene rings is 1. The molecule has 19 heavy (non-hydrogen) atoms. The van der Waals surface area contributed by atoms with E-state index in [4.69, 9.17) is 0 Å². The van der Waals surface area contributed by atoms with Crippen molar-refractivity contribution >= 4 is 11.6 Å². The van der Waals surface area contributed by atoms with Gasteiger partial charge >= 0.3 is 0 Å². The molecule has 0 N–H and O–H groups in total. The largest absolute Gasteiger partial charge is 0.273 e. The quantitative estimate of drug-likeness (QED) is 0.816. The first-order chi connectivity index (χ1) is 8.97. The fourth-order valence-electron chi connectivity index (χ4n) is 2.14. The van der Waals surface area contributed by atoms with Crippen molar-refractivity contribution in [3.05, 3.63) is 35.9 Å². The summed E-state index contributed by atoms with van der Waals surface area (Å²) in [6.07, 6.45) is 2.43. The minimum absolute atomic E-state index is 0.0101. The number of aryl methyl sites for hydroxylation is 1. The Morgan fingerprint density at radius 3 is 2.47 bits per heavy atom.